The predicted molar refractivity (Wildman–Crippen MR) is 233 cm³/mol. The predicted octanol–water partition coefficient (Wildman–Crippen LogP) is 15.4. The van der Waals surface area contributed by atoms with E-state index in [0.29, 0.717) is 19.3 Å². The molecular weight excluding hydrogens is 685 g/mol. The molecule has 6 heteroatoms. The Balaban J connectivity index is 4.30. The molecular formula is C49H94O6. The summed E-state index contributed by atoms with van der Waals surface area (Å²) < 4.78 is 16.7. The molecule has 0 aliphatic heterocycles. The molecule has 0 spiro atoms. The summed E-state index contributed by atoms with van der Waals surface area (Å²) in [4.78, 5) is 37.8. The van der Waals surface area contributed by atoms with Crippen molar-refractivity contribution in [3.05, 3.63) is 0 Å². The van der Waals surface area contributed by atoms with E-state index >= 15 is 0 Å². The van der Waals surface area contributed by atoms with Crippen molar-refractivity contribution in [2.45, 2.75) is 272 Å². The SMILES string of the molecule is CCCCCCCCCCCCCCC(=O)O[C@@H](COC(=O)CCCCCCCCCCCCCCC(C)C)COC(=O)CCCCCCCCCC(C)C. The quantitative estimate of drug-likeness (QED) is 0.0348. The highest BCUT2D eigenvalue weighted by Gasteiger charge is 2.19. The van der Waals surface area contributed by atoms with E-state index in [1.54, 1.807) is 0 Å². The normalized spacial score (nSPS) is 12.1. The Hall–Kier alpha value is -1.59. The molecule has 0 amide bonds. The van der Waals surface area contributed by atoms with E-state index in [1.807, 2.05) is 0 Å². The van der Waals surface area contributed by atoms with E-state index in [-0.39, 0.29) is 31.1 Å². The van der Waals surface area contributed by atoms with E-state index in [2.05, 4.69) is 34.6 Å². The molecule has 0 saturated heterocycles. The van der Waals surface area contributed by atoms with Gasteiger partial charge in [0.05, 0.1) is 0 Å². The van der Waals surface area contributed by atoms with Crippen LogP contribution in [-0.4, -0.2) is 37.2 Å². The van der Waals surface area contributed by atoms with Crippen molar-refractivity contribution in [1.82, 2.24) is 0 Å². The van der Waals surface area contributed by atoms with Gasteiger partial charge in [-0.1, -0.05) is 227 Å². The smallest absolute Gasteiger partial charge is 0.306 e. The Kier molecular flexibility index (Phi) is 40.8. The number of rotatable bonds is 43. The molecule has 6 nitrogen and oxygen atoms in total. The lowest BCUT2D eigenvalue weighted by molar-refractivity contribution is -0.167. The van der Waals surface area contributed by atoms with Crippen LogP contribution in [0.2, 0.25) is 0 Å². The summed E-state index contributed by atoms with van der Waals surface area (Å²) >= 11 is 0. The van der Waals surface area contributed by atoms with Crippen molar-refractivity contribution in [2.75, 3.05) is 13.2 Å². The van der Waals surface area contributed by atoms with Crippen molar-refractivity contribution in [2.24, 2.45) is 11.8 Å². The average Bonchev–Trinajstić information content (AvgIpc) is 3.15. The zero-order valence-corrected chi connectivity index (χ0v) is 37.6. The highest BCUT2D eigenvalue weighted by molar-refractivity contribution is 5.71. The summed E-state index contributed by atoms with van der Waals surface area (Å²) in [7, 11) is 0. The maximum absolute atomic E-state index is 12.7. The topological polar surface area (TPSA) is 78.9 Å². The first kappa shape index (κ1) is 53.4. The van der Waals surface area contributed by atoms with Crippen LogP contribution in [0.15, 0.2) is 0 Å². The molecule has 326 valence electrons. The van der Waals surface area contributed by atoms with Gasteiger partial charge >= 0.3 is 17.9 Å². The number of ether oxygens (including phenoxy) is 3. The van der Waals surface area contributed by atoms with E-state index in [9.17, 15) is 14.4 Å². The summed E-state index contributed by atoms with van der Waals surface area (Å²) in [5.41, 5.74) is 0. The van der Waals surface area contributed by atoms with Crippen LogP contribution < -0.4 is 0 Å². The molecule has 0 radical (unpaired) electrons. The van der Waals surface area contributed by atoms with Crippen molar-refractivity contribution >= 4 is 17.9 Å². The number of carbonyl (C=O) groups excluding carboxylic acids is 3. The number of esters is 3. The van der Waals surface area contributed by atoms with Crippen LogP contribution in [0.1, 0.15) is 266 Å². The molecule has 0 bridgehead atoms. The van der Waals surface area contributed by atoms with Crippen molar-refractivity contribution < 1.29 is 28.6 Å². The lowest BCUT2D eigenvalue weighted by atomic mass is 10.0. The Morgan fingerprint density at radius 1 is 0.345 bits per heavy atom. The number of unbranched alkanes of at least 4 members (excludes halogenated alkanes) is 28. The molecule has 0 N–H and O–H groups in total. The van der Waals surface area contributed by atoms with Crippen LogP contribution in [-0.2, 0) is 28.6 Å². The highest BCUT2D eigenvalue weighted by Crippen LogP contribution is 2.17. The summed E-state index contributed by atoms with van der Waals surface area (Å²) in [5.74, 6) is 0.760. The highest BCUT2D eigenvalue weighted by atomic mass is 16.6. The van der Waals surface area contributed by atoms with E-state index in [0.717, 1.165) is 69.6 Å². The first-order valence-corrected chi connectivity index (χ1v) is 24.2. The van der Waals surface area contributed by atoms with Crippen LogP contribution in [0.25, 0.3) is 0 Å². The van der Waals surface area contributed by atoms with Gasteiger partial charge in [0.25, 0.3) is 0 Å². The Morgan fingerprint density at radius 2 is 0.600 bits per heavy atom. The Morgan fingerprint density at radius 3 is 0.891 bits per heavy atom. The summed E-state index contributed by atoms with van der Waals surface area (Å²) in [5, 5.41) is 0. The van der Waals surface area contributed by atoms with Gasteiger partial charge in [-0.25, -0.2) is 0 Å². The largest absolute Gasteiger partial charge is 0.462 e. The summed E-state index contributed by atoms with van der Waals surface area (Å²) in [6, 6.07) is 0. The molecule has 0 saturated carbocycles. The molecule has 0 aliphatic rings. The van der Waals surface area contributed by atoms with Gasteiger partial charge in [0.1, 0.15) is 13.2 Å². The van der Waals surface area contributed by atoms with E-state index in [4.69, 9.17) is 14.2 Å². The van der Waals surface area contributed by atoms with Crippen molar-refractivity contribution in [3.8, 4) is 0 Å². The molecule has 0 fully saturated rings. The third-order valence-corrected chi connectivity index (χ3v) is 11.0. The number of hydrogen-bond acceptors (Lipinski definition) is 6. The fourth-order valence-corrected chi connectivity index (χ4v) is 7.28. The third-order valence-electron chi connectivity index (χ3n) is 11.0. The first-order valence-electron chi connectivity index (χ1n) is 24.2. The minimum Gasteiger partial charge on any atom is -0.462 e. The Bertz CT molecular complexity index is 839. The van der Waals surface area contributed by atoms with Gasteiger partial charge in [0, 0.05) is 19.3 Å². The molecule has 0 unspecified atom stereocenters. The van der Waals surface area contributed by atoms with Gasteiger partial charge in [-0.2, -0.15) is 0 Å². The maximum Gasteiger partial charge on any atom is 0.306 e. The fraction of sp³-hybridized carbons (Fsp3) is 0.939. The lowest BCUT2D eigenvalue weighted by Gasteiger charge is -2.18. The van der Waals surface area contributed by atoms with Crippen LogP contribution >= 0.6 is 0 Å². The van der Waals surface area contributed by atoms with Gasteiger partial charge in [0.2, 0.25) is 0 Å². The third kappa shape index (κ3) is 43.4. The van der Waals surface area contributed by atoms with Crippen molar-refractivity contribution in [3.63, 3.8) is 0 Å². The molecule has 55 heavy (non-hydrogen) atoms. The zero-order chi connectivity index (χ0) is 40.5. The Labute approximate surface area is 342 Å². The van der Waals surface area contributed by atoms with Gasteiger partial charge in [0.15, 0.2) is 6.10 Å². The molecule has 1 atom stereocenters. The van der Waals surface area contributed by atoms with E-state index < -0.39 is 6.10 Å². The fourth-order valence-electron chi connectivity index (χ4n) is 7.28. The van der Waals surface area contributed by atoms with Crippen molar-refractivity contribution in [1.29, 1.82) is 0 Å². The van der Waals surface area contributed by atoms with Crippen LogP contribution in [0.3, 0.4) is 0 Å². The second-order valence-corrected chi connectivity index (χ2v) is 17.7. The minimum absolute atomic E-state index is 0.0646. The number of hydrogen-bond donors (Lipinski definition) is 0. The van der Waals surface area contributed by atoms with Crippen LogP contribution in [0.5, 0.6) is 0 Å². The van der Waals surface area contributed by atoms with Gasteiger partial charge in [-0.15, -0.1) is 0 Å². The van der Waals surface area contributed by atoms with Crippen LogP contribution in [0.4, 0.5) is 0 Å². The second-order valence-electron chi connectivity index (χ2n) is 17.7. The number of carbonyl (C=O) groups is 3. The average molecular weight is 779 g/mol. The monoisotopic (exact) mass is 779 g/mol. The van der Waals surface area contributed by atoms with E-state index in [1.165, 1.54) is 154 Å². The first-order chi connectivity index (χ1) is 26.7. The zero-order valence-electron chi connectivity index (χ0n) is 37.6. The molecule has 0 rings (SSSR count). The molecule has 0 aromatic rings. The molecule has 0 aromatic heterocycles. The standard InChI is InChI=1S/C49H94O6/c1-6-7-8-9-10-11-12-16-20-25-31-36-41-49(52)55-46(43-54-48(51)40-35-30-26-21-23-28-33-38-45(4)5)42-53-47(50)39-34-29-24-19-17-14-13-15-18-22-27-32-37-44(2)3/h44-46H,6-43H2,1-5H3/t46-/m0/s1. The van der Waals surface area contributed by atoms with Gasteiger partial charge < -0.3 is 14.2 Å². The van der Waals surface area contributed by atoms with Gasteiger partial charge in [-0.3, -0.25) is 14.4 Å². The molecule has 0 aliphatic carbocycles. The molecule has 0 aromatic carbocycles. The lowest BCUT2D eigenvalue weighted by Crippen LogP contribution is -2.30. The summed E-state index contributed by atoms with van der Waals surface area (Å²) in [6.07, 6.45) is 40.9. The van der Waals surface area contributed by atoms with Crippen LogP contribution in [0, 0.1) is 11.8 Å². The summed E-state index contributed by atoms with van der Waals surface area (Å²) in [6.45, 7) is 11.3. The van der Waals surface area contributed by atoms with Gasteiger partial charge in [-0.05, 0) is 31.1 Å². The molecule has 0 heterocycles. The minimum atomic E-state index is -0.761. The second kappa shape index (κ2) is 42.0. The maximum atomic E-state index is 12.7.